The molecule has 0 spiro atoms. The molecule has 0 amide bonds. The van der Waals surface area contributed by atoms with Gasteiger partial charge in [-0.2, -0.15) is 0 Å². The van der Waals surface area contributed by atoms with E-state index in [0.29, 0.717) is 6.61 Å². The van der Waals surface area contributed by atoms with E-state index in [4.69, 9.17) is 9.47 Å². The zero-order valence-corrected chi connectivity index (χ0v) is 15.9. The number of esters is 1. The molecule has 0 bridgehead atoms. The first-order chi connectivity index (χ1) is 13.7. The van der Waals surface area contributed by atoms with Gasteiger partial charge in [0, 0.05) is 11.8 Å². The number of carbonyl (C=O) groups excluding carboxylic acids is 1. The molecular formula is C24H23NO3. The number of carbonyl (C=O) groups is 1. The monoisotopic (exact) mass is 373 g/mol. The van der Waals surface area contributed by atoms with E-state index in [1.165, 1.54) is 7.11 Å². The van der Waals surface area contributed by atoms with Gasteiger partial charge >= 0.3 is 5.97 Å². The second-order valence-corrected chi connectivity index (χ2v) is 7.13. The fraction of sp³-hybridized carbons (Fsp3) is 0.250. The molecule has 3 aromatic rings. The molecule has 1 aliphatic carbocycles. The molecule has 0 N–H and O–H groups in total. The lowest BCUT2D eigenvalue weighted by molar-refractivity contribution is -0.151. The van der Waals surface area contributed by atoms with Gasteiger partial charge in [-0.05, 0) is 42.2 Å². The third-order valence-corrected chi connectivity index (χ3v) is 5.50. The van der Waals surface area contributed by atoms with Crippen molar-refractivity contribution in [2.24, 2.45) is 0 Å². The molecule has 1 heterocycles. The van der Waals surface area contributed by atoms with Crippen LogP contribution in [-0.2, 0) is 21.6 Å². The molecule has 0 aliphatic heterocycles. The molecular weight excluding hydrogens is 350 g/mol. The second-order valence-electron chi connectivity index (χ2n) is 7.13. The molecule has 1 fully saturated rings. The Labute approximate surface area is 165 Å². The van der Waals surface area contributed by atoms with Crippen molar-refractivity contribution in [3.63, 3.8) is 0 Å². The van der Waals surface area contributed by atoms with Crippen LogP contribution in [0.2, 0.25) is 0 Å². The molecule has 0 atom stereocenters. The Morgan fingerprint density at radius 3 is 2.39 bits per heavy atom. The first-order valence-corrected chi connectivity index (χ1v) is 9.54. The summed E-state index contributed by atoms with van der Waals surface area (Å²) < 4.78 is 11.1. The Morgan fingerprint density at radius 2 is 1.75 bits per heavy atom. The molecule has 0 radical (unpaired) electrons. The summed E-state index contributed by atoms with van der Waals surface area (Å²) in [5.74, 6) is 0.623. The van der Waals surface area contributed by atoms with E-state index in [1.54, 1.807) is 6.20 Å². The van der Waals surface area contributed by atoms with Crippen molar-refractivity contribution in [1.82, 2.24) is 4.98 Å². The van der Waals surface area contributed by atoms with Crippen LogP contribution in [0.3, 0.4) is 0 Å². The van der Waals surface area contributed by atoms with E-state index in [0.717, 1.165) is 47.4 Å². The Morgan fingerprint density at radius 1 is 1.00 bits per heavy atom. The van der Waals surface area contributed by atoms with Crippen LogP contribution in [-0.4, -0.2) is 18.1 Å². The molecule has 0 unspecified atom stereocenters. The van der Waals surface area contributed by atoms with Gasteiger partial charge in [-0.15, -0.1) is 0 Å². The normalized spacial score (nSPS) is 14.8. The standard InChI is InChI=1S/C24H23NO3/c1-27-23(26)24(14-7-15-24)19-12-13-21(25-16-19)20-10-5-6-11-22(20)28-17-18-8-3-2-4-9-18/h2-6,8-13,16H,7,14-15,17H2,1H3. The second kappa shape index (κ2) is 7.85. The Balaban J connectivity index is 1.57. The van der Waals surface area contributed by atoms with Crippen molar-refractivity contribution in [3.05, 3.63) is 84.1 Å². The van der Waals surface area contributed by atoms with Gasteiger partial charge in [-0.3, -0.25) is 9.78 Å². The van der Waals surface area contributed by atoms with Crippen LogP contribution >= 0.6 is 0 Å². The average Bonchev–Trinajstić information content (AvgIpc) is 2.73. The summed E-state index contributed by atoms with van der Waals surface area (Å²) in [6, 6.07) is 21.9. The van der Waals surface area contributed by atoms with Crippen molar-refractivity contribution in [2.75, 3.05) is 7.11 Å². The minimum absolute atomic E-state index is 0.167. The summed E-state index contributed by atoms with van der Waals surface area (Å²) in [5.41, 5.74) is 3.28. The van der Waals surface area contributed by atoms with Crippen molar-refractivity contribution in [3.8, 4) is 17.0 Å². The van der Waals surface area contributed by atoms with Crippen molar-refractivity contribution >= 4 is 5.97 Å². The van der Waals surface area contributed by atoms with Gasteiger partial charge in [-0.1, -0.05) is 55.0 Å². The van der Waals surface area contributed by atoms with Gasteiger partial charge in [0.25, 0.3) is 0 Å². The molecule has 142 valence electrons. The van der Waals surface area contributed by atoms with Crippen LogP contribution < -0.4 is 4.74 Å². The number of benzene rings is 2. The third kappa shape index (κ3) is 3.38. The highest BCUT2D eigenvalue weighted by Crippen LogP contribution is 2.44. The lowest BCUT2D eigenvalue weighted by atomic mass is 9.65. The molecule has 0 saturated heterocycles. The third-order valence-electron chi connectivity index (χ3n) is 5.50. The van der Waals surface area contributed by atoms with Crippen LogP contribution in [0, 0.1) is 0 Å². The topological polar surface area (TPSA) is 48.4 Å². The van der Waals surface area contributed by atoms with Gasteiger partial charge in [0.2, 0.25) is 0 Å². The summed E-state index contributed by atoms with van der Waals surface area (Å²) >= 11 is 0. The lowest BCUT2D eigenvalue weighted by Crippen LogP contribution is -2.43. The predicted molar refractivity (Wildman–Crippen MR) is 108 cm³/mol. The van der Waals surface area contributed by atoms with Crippen LogP contribution in [0.1, 0.15) is 30.4 Å². The van der Waals surface area contributed by atoms with E-state index in [2.05, 4.69) is 4.98 Å². The van der Waals surface area contributed by atoms with Crippen LogP contribution in [0.5, 0.6) is 5.75 Å². The van der Waals surface area contributed by atoms with Gasteiger partial charge in [0.05, 0.1) is 18.2 Å². The average molecular weight is 373 g/mol. The summed E-state index contributed by atoms with van der Waals surface area (Å²) in [5, 5.41) is 0. The first-order valence-electron chi connectivity index (χ1n) is 9.54. The summed E-state index contributed by atoms with van der Waals surface area (Å²) in [7, 11) is 1.45. The largest absolute Gasteiger partial charge is 0.488 e. The number of hydrogen-bond donors (Lipinski definition) is 0. The smallest absolute Gasteiger partial charge is 0.316 e. The zero-order chi connectivity index (χ0) is 19.4. The Hall–Kier alpha value is -3.14. The number of pyridine rings is 1. The molecule has 4 heteroatoms. The molecule has 1 aliphatic rings. The maximum absolute atomic E-state index is 12.3. The number of aromatic nitrogens is 1. The summed E-state index contributed by atoms with van der Waals surface area (Å²) in [6.07, 6.45) is 4.47. The number of hydrogen-bond acceptors (Lipinski definition) is 4. The van der Waals surface area contributed by atoms with Gasteiger partial charge < -0.3 is 9.47 Å². The van der Waals surface area contributed by atoms with Gasteiger partial charge in [-0.25, -0.2) is 0 Å². The molecule has 2 aromatic carbocycles. The molecule has 4 nitrogen and oxygen atoms in total. The van der Waals surface area contributed by atoms with Gasteiger partial charge in [0.15, 0.2) is 0 Å². The molecule has 1 saturated carbocycles. The molecule has 1 aromatic heterocycles. The van der Waals surface area contributed by atoms with Crippen molar-refractivity contribution in [1.29, 1.82) is 0 Å². The van der Waals surface area contributed by atoms with E-state index in [-0.39, 0.29) is 5.97 Å². The predicted octanol–water partition coefficient (Wildman–Crippen LogP) is 4.92. The maximum atomic E-state index is 12.3. The molecule has 28 heavy (non-hydrogen) atoms. The van der Waals surface area contributed by atoms with Crippen LogP contribution in [0.4, 0.5) is 0 Å². The first kappa shape index (κ1) is 18.2. The SMILES string of the molecule is COC(=O)C1(c2ccc(-c3ccccc3OCc3ccccc3)nc2)CCC1. The van der Waals surface area contributed by atoms with Crippen molar-refractivity contribution < 1.29 is 14.3 Å². The number of rotatable bonds is 6. The maximum Gasteiger partial charge on any atom is 0.316 e. The lowest BCUT2D eigenvalue weighted by Gasteiger charge is -2.39. The van der Waals surface area contributed by atoms with E-state index in [9.17, 15) is 4.79 Å². The number of ether oxygens (including phenoxy) is 2. The van der Waals surface area contributed by atoms with Gasteiger partial charge in [0.1, 0.15) is 12.4 Å². The fourth-order valence-electron chi connectivity index (χ4n) is 3.71. The minimum atomic E-state index is -0.524. The van der Waals surface area contributed by atoms with E-state index < -0.39 is 5.41 Å². The van der Waals surface area contributed by atoms with Crippen LogP contribution in [0.25, 0.3) is 11.3 Å². The highest BCUT2D eigenvalue weighted by Gasteiger charge is 2.47. The summed E-state index contributed by atoms with van der Waals surface area (Å²) in [6.45, 7) is 0.501. The van der Waals surface area contributed by atoms with Crippen LogP contribution in [0.15, 0.2) is 72.9 Å². The Bertz CT molecular complexity index is 947. The number of methoxy groups -OCH3 is 1. The highest BCUT2D eigenvalue weighted by molar-refractivity contribution is 5.84. The summed E-state index contributed by atoms with van der Waals surface area (Å²) in [4.78, 5) is 16.9. The quantitative estimate of drug-likeness (QED) is 0.575. The van der Waals surface area contributed by atoms with E-state index >= 15 is 0 Å². The van der Waals surface area contributed by atoms with Crippen molar-refractivity contribution in [2.45, 2.75) is 31.3 Å². The fourth-order valence-corrected chi connectivity index (χ4v) is 3.71. The zero-order valence-electron chi connectivity index (χ0n) is 15.9. The Kier molecular flexibility index (Phi) is 5.11. The number of nitrogens with zero attached hydrogens (tertiary/aromatic N) is 1. The number of para-hydroxylation sites is 1. The van der Waals surface area contributed by atoms with E-state index in [1.807, 2.05) is 66.7 Å². The minimum Gasteiger partial charge on any atom is -0.488 e. The highest BCUT2D eigenvalue weighted by atomic mass is 16.5. The molecule has 4 rings (SSSR count).